The SMILES string of the molecule is CCC(C)(N)OCC(C)(COC(C)(C)N)CN1C(=O)C=CC1=O. The fourth-order valence-corrected chi connectivity index (χ4v) is 1.90. The van der Waals surface area contributed by atoms with Gasteiger partial charge in [0.1, 0.15) is 11.4 Å². The zero-order chi connectivity index (χ0) is 17.9. The third kappa shape index (κ3) is 6.39. The number of hydrogen-bond donors (Lipinski definition) is 2. The first kappa shape index (κ1) is 19.8. The summed E-state index contributed by atoms with van der Waals surface area (Å²) in [5, 5.41) is 0. The van der Waals surface area contributed by atoms with Crippen molar-refractivity contribution < 1.29 is 19.1 Å². The number of nitrogens with zero attached hydrogens (tertiary/aromatic N) is 1. The highest BCUT2D eigenvalue weighted by Gasteiger charge is 2.36. The van der Waals surface area contributed by atoms with Crippen molar-refractivity contribution in [3.63, 3.8) is 0 Å². The van der Waals surface area contributed by atoms with E-state index in [4.69, 9.17) is 20.9 Å². The van der Waals surface area contributed by atoms with Crippen molar-refractivity contribution in [3.8, 4) is 0 Å². The Labute approximate surface area is 138 Å². The number of amides is 2. The molecule has 4 N–H and O–H groups in total. The van der Waals surface area contributed by atoms with Crippen LogP contribution in [-0.4, -0.2) is 47.9 Å². The van der Waals surface area contributed by atoms with E-state index < -0.39 is 16.9 Å². The lowest BCUT2D eigenvalue weighted by Crippen LogP contribution is -2.50. The van der Waals surface area contributed by atoms with Crippen LogP contribution in [0, 0.1) is 5.41 Å². The lowest BCUT2D eigenvalue weighted by Gasteiger charge is -2.37. The Hall–Kier alpha value is -1.28. The molecule has 0 spiro atoms. The maximum absolute atomic E-state index is 11.8. The summed E-state index contributed by atoms with van der Waals surface area (Å²) in [5.74, 6) is -0.668. The number of nitrogens with two attached hydrogens (primary N) is 2. The van der Waals surface area contributed by atoms with E-state index in [9.17, 15) is 9.59 Å². The minimum atomic E-state index is -0.824. The number of hydrogen-bond acceptors (Lipinski definition) is 6. The molecule has 0 fully saturated rings. The third-order valence-corrected chi connectivity index (χ3v) is 3.69. The van der Waals surface area contributed by atoms with Crippen LogP contribution < -0.4 is 11.5 Å². The molecule has 2 atom stereocenters. The maximum atomic E-state index is 11.8. The predicted molar refractivity (Wildman–Crippen MR) is 87.0 cm³/mol. The van der Waals surface area contributed by atoms with Crippen LogP contribution in [0.5, 0.6) is 0 Å². The van der Waals surface area contributed by atoms with Gasteiger partial charge in [-0.05, 0) is 27.2 Å². The van der Waals surface area contributed by atoms with Crippen molar-refractivity contribution in [1.29, 1.82) is 0 Å². The number of imide groups is 1. The van der Waals surface area contributed by atoms with Crippen LogP contribution >= 0.6 is 0 Å². The summed E-state index contributed by atoms with van der Waals surface area (Å²) in [6.07, 6.45) is 3.16. The summed E-state index contributed by atoms with van der Waals surface area (Å²) in [6.45, 7) is 9.70. The number of ether oxygens (including phenoxy) is 2. The molecule has 0 saturated carbocycles. The Morgan fingerprint density at radius 1 is 1.00 bits per heavy atom. The van der Waals surface area contributed by atoms with Crippen LogP contribution in [0.25, 0.3) is 0 Å². The Kier molecular flexibility index (Phi) is 6.09. The van der Waals surface area contributed by atoms with Gasteiger partial charge in [-0.2, -0.15) is 0 Å². The molecular formula is C16H29N3O4. The van der Waals surface area contributed by atoms with Crippen molar-refractivity contribution in [2.24, 2.45) is 16.9 Å². The van der Waals surface area contributed by atoms with Crippen LogP contribution in [0.15, 0.2) is 12.2 Å². The molecule has 1 heterocycles. The molecule has 0 aromatic carbocycles. The molecule has 1 rings (SSSR count). The van der Waals surface area contributed by atoms with E-state index in [1.54, 1.807) is 20.8 Å². The minimum Gasteiger partial charge on any atom is -0.361 e. The zero-order valence-electron chi connectivity index (χ0n) is 14.7. The van der Waals surface area contributed by atoms with Crippen molar-refractivity contribution in [2.75, 3.05) is 19.8 Å². The summed E-state index contributed by atoms with van der Waals surface area (Å²) < 4.78 is 11.4. The van der Waals surface area contributed by atoms with Gasteiger partial charge in [-0.1, -0.05) is 13.8 Å². The van der Waals surface area contributed by atoms with E-state index in [1.807, 2.05) is 13.8 Å². The second-order valence-corrected chi connectivity index (χ2v) is 7.25. The van der Waals surface area contributed by atoms with Gasteiger partial charge < -0.3 is 20.9 Å². The van der Waals surface area contributed by atoms with Crippen LogP contribution in [0.1, 0.15) is 41.0 Å². The summed E-state index contributed by atoms with van der Waals surface area (Å²) in [7, 11) is 0. The van der Waals surface area contributed by atoms with E-state index >= 15 is 0 Å². The van der Waals surface area contributed by atoms with Crippen LogP contribution in [-0.2, 0) is 19.1 Å². The summed E-state index contributed by atoms with van der Waals surface area (Å²) >= 11 is 0. The lowest BCUT2D eigenvalue weighted by molar-refractivity contribution is -0.146. The minimum absolute atomic E-state index is 0.174. The molecule has 1 aliphatic rings. The Morgan fingerprint density at radius 2 is 1.48 bits per heavy atom. The zero-order valence-corrected chi connectivity index (χ0v) is 14.7. The number of rotatable bonds is 9. The highest BCUT2D eigenvalue weighted by Crippen LogP contribution is 2.25. The fourth-order valence-electron chi connectivity index (χ4n) is 1.90. The first-order valence-corrected chi connectivity index (χ1v) is 7.77. The molecule has 0 aromatic heterocycles. The number of carbonyl (C=O) groups is 2. The van der Waals surface area contributed by atoms with E-state index in [2.05, 4.69) is 0 Å². The average molecular weight is 327 g/mol. The molecule has 0 bridgehead atoms. The molecule has 7 heteroatoms. The Morgan fingerprint density at radius 3 is 1.91 bits per heavy atom. The molecule has 0 radical (unpaired) electrons. The molecular weight excluding hydrogens is 298 g/mol. The smallest absolute Gasteiger partial charge is 0.253 e. The molecule has 0 aromatic rings. The predicted octanol–water partition coefficient (Wildman–Crippen LogP) is 0.731. The first-order valence-electron chi connectivity index (χ1n) is 7.77. The van der Waals surface area contributed by atoms with Gasteiger partial charge in [-0.15, -0.1) is 0 Å². The van der Waals surface area contributed by atoms with Gasteiger partial charge in [0, 0.05) is 24.1 Å². The summed E-state index contributed by atoms with van der Waals surface area (Å²) in [4.78, 5) is 24.8. The Balaban J connectivity index is 2.82. The molecule has 0 aliphatic carbocycles. The normalized spacial score (nSPS) is 20.7. The van der Waals surface area contributed by atoms with Gasteiger partial charge in [-0.25, -0.2) is 0 Å². The quantitative estimate of drug-likeness (QED) is 0.477. The maximum Gasteiger partial charge on any atom is 0.253 e. The highest BCUT2D eigenvalue weighted by atomic mass is 16.5. The van der Waals surface area contributed by atoms with E-state index in [1.165, 1.54) is 17.1 Å². The van der Waals surface area contributed by atoms with Crippen molar-refractivity contribution in [1.82, 2.24) is 4.90 Å². The number of carbonyl (C=O) groups excluding carboxylic acids is 2. The van der Waals surface area contributed by atoms with Crippen molar-refractivity contribution in [3.05, 3.63) is 12.2 Å². The van der Waals surface area contributed by atoms with Gasteiger partial charge in [-0.3, -0.25) is 14.5 Å². The van der Waals surface area contributed by atoms with Gasteiger partial charge in [0.15, 0.2) is 0 Å². The second kappa shape index (κ2) is 7.09. The molecule has 7 nitrogen and oxygen atoms in total. The van der Waals surface area contributed by atoms with Crippen LogP contribution in [0.3, 0.4) is 0 Å². The second-order valence-electron chi connectivity index (χ2n) is 7.25. The van der Waals surface area contributed by atoms with Crippen LogP contribution in [0.2, 0.25) is 0 Å². The van der Waals surface area contributed by atoms with Gasteiger partial charge in [0.25, 0.3) is 11.8 Å². The molecule has 2 unspecified atom stereocenters. The topological polar surface area (TPSA) is 108 Å². The van der Waals surface area contributed by atoms with Crippen LogP contribution in [0.4, 0.5) is 0 Å². The van der Waals surface area contributed by atoms with Gasteiger partial charge in [0.05, 0.1) is 13.2 Å². The lowest BCUT2D eigenvalue weighted by atomic mass is 9.91. The van der Waals surface area contributed by atoms with E-state index in [0.29, 0.717) is 6.42 Å². The van der Waals surface area contributed by atoms with E-state index in [-0.39, 0.29) is 31.6 Å². The van der Waals surface area contributed by atoms with Gasteiger partial charge >= 0.3 is 0 Å². The average Bonchev–Trinajstić information content (AvgIpc) is 2.75. The third-order valence-electron chi connectivity index (χ3n) is 3.69. The molecule has 2 amide bonds. The van der Waals surface area contributed by atoms with Crippen molar-refractivity contribution in [2.45, 2.75) is 52.5 Å². The van der Waals surface area contributed by atoms with E-state index in [0.717, 1.165) is 0 Å². The molecule has 0 saturated heterocycles. The molecule has 23 heavy (non-hydrogen) atoms. The standard InChI is InChI=1S/C16H29N3O4/c1-6-16(5,18)23-11-15(4,10-22-14(2,3)17)9-19-12(20)7-8-13(19)21/h7-8H,6,9-11,17-18H2,1-5H3. The monoisotopic (exact) mass is 327 g/mol. The summed E-state index contributed by atoms with van der Waals surface area (Å²) in [5.41, 5.74) is 9.66. The fraction of sp³-hybridized carbons (Fsp3) is 0.750. The summed E-state index contributed by atoms with van der Waals surface area (Å²) in [6, 6.07) is 0. The molecule has 1 aliphatic heterocycles. The molecule has 132 valence electrons. The largest absolute Gasteiger partial charge is 0.361 e. The Bertz CT molecular complexity index is 464. The highest BCUT2D eigenvalue weighted by molar-refractivity contribution is 6.12. The first-order chi connectivity index (χ1) is 10.4. The van der Waals surface area contributed by atoms with Crippen molar-refractivity contribution >= 4 is 11.8 Å². The van der Waals surface area contributed by atoms with Gasteiger partial charge in [0.2, 0.25) is 0 Å².